The van der Waals surface area contributed by atoms with Crippen molar-refractivity contribution in [3.8, 4) is 0 Å². The van der Waals surface area contributed by atoms with Crippen LogP contribution in [0.25, 0.3) is 10.9 Å². The second-order valence-corrected chi connectivity index (χ2v) is 8.94. The Labute approximate surface area is 160 Å². The molecule has 0 saturated carbocycles. The molecule has 0 unspecified atom stereocenters. The van der Waals surface area contributed by atoms with Crippen molar-refractivity contribution in [1.82, 2.24) is 9.29 Å². The molecule has 25 heavy (non-hydrogen) atoms. The molecular weight excluding hydrogens is 449 g/mol. The van der Waals surface area contributed by atoms with Gasteiger partial charge in [-0.2, -0.15) is 0 Å². The Hall–Kier alpha value is -1.58. The highest BCUT2D eigenvalue weighted by Gasteiger charge is 2.23. The van der Waals surface area contributed by atoms with Gasteiger partial charge in [0.2, 0.25) is 0 Å². The van der Waals surface area contributed by atoms with E-state index in [0.29, 0.717) is 4.90 Å². The third-order valence-corrected chi connectivity index (χ3v) is 7.56. The van der Waals surface area contributed by atoms with Gasteiger partial charge in [-0.1, -0.05) is 18.2 Å². The number of fused-ring (bicyclic) bond motifs is 1. The second-order valence-electron chi connectivity index (χ2n) is 5.99. The zero-order valence-electron chi connectivity index (χ0n) is 13.5. The van der Waals surface area contributed by atoms with Gasteiger partial charge >= 0.3 is 0 Å². The molecule has 1 aromatic heterocycles. The van der Waals surface area contributed by atoms with E-state index in [0.717, 1.165) is 46.3 Å². The van der Waals surface area contributed by atoms with Gasteiger partial charge in [-0.15, -0.1) is 0 Å². The van der Waals surface area contributed by atoms with Gasteiger partial charge in [0, 0.05) is 47.0 Å². The standard InChI is InChI=1S/C18H18IN3O2S/c19-15-4-1-2-7-18(15)25(23,24)22-11-8-14-16(5-3-6-17(14)22)21-12-9-20-10-13-21/h1-8,11,20H,9-10,12-13H2. The average molecular weight is 467 g/mol. The molecule has 1 fully saturated rings. The SMILES string of the molecule is O=S(=O)(c1ccccc1I)n1ccc2c(N3CCNCC3)cccc21. The molecule has 0 amide bonds. The van der Waals surface area contributed by atoms with Crippen molar-refractivity contribution in [1.29, 1.82) is 0 Å². The van der Waals surface area contributed by atoms with Crippen LogP contribution >= 0.6 is 22.6 Å². The van der Waals surface area contributed by atoms with E-state index >= 15 is 0 Å². The topological polar surface area (TPSA) is 54.3 Å². The van der Waals surface area contributed by atoms with E-state index in [2.05, 4.69) is 38.9 Å². The van der Waals surface area contributed by atoms with Gasteiger partial charge in [-0.3, -0.25) is 0 Å². The Morgan fingerprint density at radius 3 is 2.48 bits per heavy atom. The fourth-order valence-electron chi connectivity index (χ4n) is 3.28. The van der Waals surface area contributed by atoms with Crippen LogP contribution in [0.5, 0.6) is 0 Å². The Morgan fingerprint density at radius 2 is 1.72 bits per heavy atom. The molecule has 0 atom stereocenters. The minimum atomic E-state index is -3.62. The van der Waals surface area contributed by atoms with E-state index in [1.165, 1.54) is 3.97 Å². The molecule has 5 nitrogen and oxygen atoms in total. The highest BCUT2D eigenvalue weighted by molar-refractivity contribution is 14.1. The van der Waals surface area contributed by atoms with Crippen LogP contribution in [0.15, 0.2) is 59.6 Å². The van der Waals surface area contributed by atoms with Gasteiger partial charge in [0.15, 0.2) is 0 Å². The lowest BCUT2D eigenvalue weighted by Crippen LogP contribution is -2.43. The first-order valence-corrected chi connectivity index (χ1v) is 10.7. The quantitative estimate of drug-likeness (QED) is 0.603. The summed E-state index contributed by atoms with van der Waals surface area (Å²) in [6, 6.07) is 14.8. The minimum absolute atomic E-state index is 0.334. The van der Waals surface area contributed by atoms with E-state index in [9.17, 15) is 8.42 Å². The molecule has 7 heteroatoms. The molecule has 1 aliphatic rings. The minimum Gasteiger partial charge on any atom is -0.368 e. The highest BCUT2D eigenvalue weighted by Crippen LogP contribution is 2.31. The molecule has 2 aromatic carbocycles. The summed E-state index contributed by atoms with van der Waals surface area (Å²) in [7, 11) is -3.62. The summed E-state index contributed by atoms with van der Waals surface area (Å²) < 4.78 is 28.4. The first-order chi connectivity index (χ1) is 12.1. The van der Waals surface area contributed by atoms with Gasteiger partial charge < -0.3 is 10.2 Å². The number of anilines is 1. The Kier molecular flexibility index (Phi) is 4.47. The third kappa shape index (κ3) is 2.94. The van der Waals surface area contributed by atoms with E-state index in [1.807, 2.05) is 30.3 Å². The predicted octanol–water partition coefficient (Wildman–Crippen LogP) is 2.89. The number of piperazine rings is 1. The summed E-state index contributed by atoms with van der Waals surface area (Å²) in [4.78, 5) is 2.64. The number of hydrogen-bond donors (Lipinski definition) is 1. The number of hydrogen-bond acceptors (Lipinski definition) is 4. The summed E-state index contributed by atoms with van der Waals surface area (Å²) in [5, 5.41) is 4.32. The number of benzene rings is 2. The van der Waals surface area contributed by atoms with Crippen molar-refractivity contribution in [3.05, 3.63) is 58.3 Å². The van der Waals surface area contributed by atoms with Gasteiger partial charge in [-0.25, -0.2) is 12.4 Å². The molecule has 4 rings (SSSR count). The lowest BCUT2D eigenvalue weighted by atomic mass is 10.2. The van der Waals surface area contributed by atoms with Gasteiger partial charge in [0.05, 0.1) is 5.52 Å². The van der Waals surface area contributed by atoms with Crippen molar-refractivity contribution < 1.29 is 8.42 Å². The Balaban J connectivity index is 1.86. The highest BCUT2D eigenvalue weighted by atomic mass is 127. The Morgan fingerprint density at radius 1 is 0.960 bits per heavy atom. The first kappa shape index (κ1) is 16.9. The van der Waals surface area contributed by atoms with E-state index in [1.54, 1.807) is 18.3 Å². The van der Waals surface area contributed by atoms with E-state index in [-0.39, 0.29) is 0 Å². The van der Waals surface area contributed by atoms with Crippen LogP contribution < -0.4 is 10.2 Å². The van der Waals surface area contributed by atoms with Gasteiger partial charge in [0.25, 0.3) is 10.0 Å². The molecule has 0 aliphatic carbocycles. The maximum atomic E-state index is 13.2. The number of rotatable bonds is 3. The molecule has 1 saturated heterocycles. The van der Waals surface area contributed by atoms with Crippen LogP contribution in [0.4, 0.5) is 5.69 Å². The fourth-order valence-corrected chi connectivity index (χ4v) is 5.92. The van der Waals surface area contributed by atoms with Crippen molar-refractivity contribution in [2.45, 2.75) is 4.90 Å². The van der Waals surface area contributed by atoms with Gasteiger partial charge in [-0.05, 0) is 52.9 Å². The fraction of sp³-hybridized carbons (Fsp3) is 0.222. The summed E-state index contributed by atoms with van der Waals surface area (Å²) in [5.41, 5.74) is 1.81. The first-order valence-electron chi connectivity index (χ1n) is 8.15. The predicted molar refractivity (Wildman–Crippen MR) is 109 cm³/mol. The molecule has 0 spiro atoms. The summed E-state index contributed by atoms with van der Waals surface area (Å²) >= 11 is 2.07. The van der Waals surface area contributed by atoms with Crippen LogP contribution in [0.2, 0.25) is 0 Å². The monoisotopic (exact) mass is 467 g/mol. The van der Waals surface area contributed by atoms with Crippen LogP contribution in [0.1, 0.15) is 0 Å². The molecular formula is C18H18IN3O2S. The largest absolute Gasteiger partial charge is 0.368 e. The summed E-state index contributed by atoms with van der Waals surface area (Å²) in [6.07, 6.45) is 1.66. The molecule has 0 bridgehead atoms. The third-order valence-electron chi connectivity index (χ3n) is 4.51. The maximum Gasteiger partial charge on any atom is 0.269 e. The molecule has 3 aromatic rings. The number of nitrogens with zero attached hydrogens (tertiary/aromatic N) is 2. The number of halogens is 1. The average Bonchev–Trinajstić information content (AvgIpc) is 3.07. The van der Waals surface area contributed by atoms with Crippen LogP contribution in [0, 0.1) is 3.57 Å². The molecule has 1 aliphatic heterocycles. The molecule has 1 N–H and O–H groups in total. The normalized spacial score (nSPS) is 15.6. The molecule has 2 heterocycles. The molecule has 0 radical (unpaired) electrons. The van der Waals surface area contributed by atoms with E-state index in [4.69, 9.17) is 0 Å². The van der Waals surface area contributed by atoms with Crippen molar-refractivity contribution in [2.75, 3.05) is 31.1 Å². The smallest absolute Gasteiger partial charge is 0.269 e. The van der Waals surface area contributed by atoms with E-state index < -0.39 is 10.0 Å². The van der Waals surface area contributed by atoms with Gasteiger partial charge in [0.1, 0.15) is 4.90 Å². The maximum absolute atomic E-state index is 13.2. The second kappa shape index (κ2) is 6.62. The lowest BCUT2D eigenvalue weighted by molar-refractivity contribution is 0.588. The zero-order chi connectivity index (χ0) is 17.4. The molecule has 130 valence electrons. The van der Waals surface area contributed by atoms with Crippen molar-refractivity contribution in [2.24, 2.45) is 0 Å². The van der Waals surface area contributed by atoms with Crippen molar-refractivity contribution >= 4 is 49.2 Å². The number of nitrogens with one attached hydrogen (secondary N) is 1. The van der Waals surface area contributed by atoms with Crippen LogP contribution in [0.3, 0.4) is 0 Å². The van der Waals surface area contributed by atoms with Crippen molar-refractivity contribution in [3.63, 3.8) is 0 Å². The Bertz CT molecular complexity index is 1020. The summed E-state index contributed by atoms with van der Waals surface area (Å²) in [5.74, 6) is 0. The van der Waals surface area contributed by atoms with Crippen LogP contribution in [-0.4, -0.2) is 38.6 Å². The summed E-state index contributed by atoms with van der Waals surface area (Å²) in [6.45, 7) is 3.73. The zero-order valence-corrected chi connectivity index (χ0v) is 16.5. The number of aromatic nitrogens is 1. The lowest BCUT2D eigenvalue weighted by Gasteiger charge is -2.30. The van der Waals surface area contributed by atoms with Crippen LogP contribution in [-0.2, 0) is 10.0 Å².